The molecule has 0 aromatic carbocycles. The Kier molecular flexibility index (Phi) is 9.83. The minimum Gasteiger partial charge on any atom is -0.478 e. The molecule has 8 bridgehead atoms. The van der Waals surface area contributed by atoms with Crippen molar-refractivity contribution < 1.29 is 38.5 Å². The van der Waals surface area contributed by atoms with Crippen molar-refractivity contribution in [2.45, 2.75) is 58.8 Å². The lowest BCUT2D eigenvalue weighted by atomic mass is 9.64. The lowest BCUT2D eigenvalue weighted by molar-refractivity contribution is -0.148. The van der Waals surface area contributed by atoms with Crippen LogP contribution in [-0.4, -0.2) is 70.2 Å². The number of allylic oxidation sites excluding steroid dienone is 8. The van der Waals surface area contributed by atoms with E-state index in [-0.39, 0.29) is 30.4 Å². The highest BCUT2D eigenvalue weighted by atomic mass is 16.5. The van der Waals surface area contributed by atoms with Crippen molar-refractivity contribution in [3.05, 3.63) is 99.9 Å². The number of carbonyl (C=O) groups excluding carboxylic acids is 3. The number of aromatic amines is 2. The summed E-state index contributed by atoms with van der Waals surface area (Å²) in [6.07, 6.45) is 5.96. The summed E-state index contributed by atoms with van der Waals surface area (Å²) in [5, 5.41) is 10.2. The van der Waals surface area contributed by atoms with Crippen LogP contribution in [0.2, 0.25) is 0 Å². The number of esters is 3. The van der Waals surface area contributed by atoms with Crippen LogP contribution in [0.3, 0.4) is 0 Å². The maximum atomic E-state index is 13.5. The number of carboxylic acids is 1. The predicted octanol–water partition coefficient (Wildman–Crippen LogP) is 6.61. The first-order valence-corrected chi connectivity index (χ1v) is 17.2. The first-order chi connectivity index (χ1) is 25.3. The zero-order valence-corrected chi connectivity index (χ0v) is 30.9. The fourth-order valence-corrected chi connectivity index (χ4v) is 7.69. The van der Waals surface area contributed by atoms with Gasteiger partial charge in [0.05, 0.1) is 55.1 Å². The van der Waals surface area contributed by atoms with Gasteiger partial charge in [-0.3, -0.25) is 14.4 Å². The Morgan fingerprint density at radius 2 is 1.47 bits per heavy atom. The van der Waals surface area contributed by atoms with Crippen molar-refractivity contribution in [1.29, 1.82) is 0 Å². The minimum atomic E-state index is -1.23. The monoisotopic (exact) mass is 718 g/mol. The first kappa shape index (κ1) is 36.7. The van der Waals surface area contributed by atoms with Gasteiger partial charge in [-0.05, 0) is 98.2 Å². The molecule has 274 valence electrons. The van der Waals surface area contributed by atoms with Crippen LogP contribution in [0.15, 0.2) is 54.6 Å². The molecule has 0 fully saturated rings. The summed E-state index contributed by atoms with van der Waals surface area (Å²) in [5.41, 5.74) is 9.70. The summed E-state index contributed by atoms with van der Waals surface area (Å²) in [4.78, 5) is 67.9. The Hall–Kier alpha value is -6.04. The first-order valence-electron chi connectivity index (χ1n) is 17.2. The molecule has 0 radical (unpaired) electrons. The van der Waals surface area contributed by atoms with Gasteiger partial charge in [0.2, 0.25) is 0 Å². The van der Waals surface area contributed by atoms with Crippen LogP contribution >= 0.6 is 0 Å². The molecule has 0 saturated heterocycles. The Labute approximate surface area is 306 Å². The van der Waals surface area contributed by atoms with Gasteiger partial charge < -0.3 is 29.3 Å². The van der Waals surface area contributed by atoms with Crippen LogP contribution < -0.4 is 0 Å². The van der Waals surface area contributed by atoms with Crippen molar-refractivity contribution in [2.75, 3.05) is 21.3 Å². The van der Waals surface area contributed by atoms with E-state index < -0.39 is 23.3 Å². The Morgan fingerprint density at radius 3 is 2.11 bits per heavy atom. The number of H-pyrrole nitrogens is 2. The van der Waals surface area contributed by atoms with E-state index in [9.17, 15) is 24.3 Å². The van der Waals surface area contributed by atoms with Gasteiger partial charge in [-0.25, -0.2) is 14.8 Å². The average Bonchev–Trinajstić information content (AvgIpc) is 3.79. The molecule has 0 spiro atoms. The molecule has 0 unspecified atom stereocenters. The lowest BCUT2D eigenvalue weighted by Gasteiger charge is -2.36. The zero-order chi connectivity index (χ0) is 38.4. The van der Waals surface area contributed by atoms with E-state index >= 15 is 0 Å². The maximum Gasteiger partial charge on any atom is 0.332 e. The molecule has 53 heavy (non-hydrogen) atoms. The number of fused-ring (bicyclic) bond motifs is 11. The fraction of sp³-hybridized carbons (Fsp3) is 0.317. The van der Waals surface area contributed by atoms with Crippen molar-refractivity contribution in [1.82, 2.24) is 19.9 Å². The number of hydrogen-bond acceptors (Lipinski definition) is 9. The molecule has 12 nitrogen and oxygen atoms in total. The molecular formula is C41H42N4O8. The van der Waals surface area contributed by atoms with E-state index in [0.29, 0.717) is 52.6 Å². The molecule has 2 aromatic heterocycles. The van der Waals surface area contributed by atoms with Crippen LogP contribution in [0.25, 0.3) is 38.9 Å². The average molecular weight is 719 g/mol. The van der Waals surface area contributed by atoms with Crippen molar-refractivity contribution in [3.8, 4) is 0 Å². The molecule has 0 amide bonds. The molecule has 2 aromatic rings. The quantitative estimate of drug-likeness (QED) is 0.189. The van der Waals surface area contributed by atoms with Gasteiger partial charge in [-0.15, -0.1) is 0 Å². The van der Waals surface area contributed by atoms with Gasteiger partial charge in [-0.1, -0.05) is 24.8 Å². The van der Waals surface area contributed by atoms with Gasteiger partial charge in [0, 0.05) is 40.8 Å². The Balaban J connectivity index is 1.75. The summed E-state index contributed by atoms with van der Waals surface area (Å²) >= 11 is 0. The molecular weight excluding hydrogens is 676 g/mol. The standard InChI is InChI=1S/C41H42N4O8/c1-9-23-20(2)28-16-29-21(3)24(11-14-36(46)51-6)31(42-29)18-32-25(12-15-37(47)52-7)22(4)30(43-32)17-34-27-13-10-26(39(48)49)38(40(50)53-8)41(27,5)35(45-34)19-33(23)44-28/h9-10,13,16-19,38,42,45H,1,11-12,14-15H2,2-8H3,(H,48,49)/t38-,41+/m0/s1. The van der Waals surface area contributed by atoms with E-state index in [0.717, 1.165) is 44.5 Å². The number of nitrogens with zero attached hydrogens (tertiary/aromatic N) is 2. The van der Waals surface area contributed by atoms with Crippen LogP contribution in [0, 0.1) is 12.8 Å². The van der Waals surface area contributed by atoms with E-state index in [1.54, 1.807) is 12.2 Å². The van der Waals surface area contributed by atoms with Crippen LogP contribution in [-0.2, 0) is 45.2 Å². The highest BCUT2D eigenvalue weighted by Gasteiger charge is 2.53. The SMILES string of the molecule is C=CC1=C(C)c2cc3[nH]c(cc4nc(cc5[nH]c(cc1n2)[C@@]1(C)C5=CC=C(C(=O)O)[C@H]1C(=O)OC)C(C)=C4CCC(=O)OC)c(CCC(=O)OC)c3C. The van der Waals surface area contributed by atoms with Crippen molar-refractivity contribution >= 4 is 62.8 Å². The predicted molar refractivity (Wildman–Crippen MR) is 200 cm³/mol. The molecule has 1 aliphatic carbocycles. The zero-order valence-electron chi connectivity index (χ0n) is 30.9. The smallest absolute Gasteiger partial charge is 0.332 e. The lowest BCUT2D eigenvalue weighted by Crippen LogP contribution is -2.42. The van der Waals surface area contributed by atoms with E-state index in [2.05, 4.69) is 16.5 Å². The Bertz CT molecular complexity index is 2320. The third kappa shape index (κ3) is 6.28. The number of methoxy groups -OCH3 is 3. The number of carbonyl (C=O) groups is 4. The number of aryl methyl sites for hydroxylation is 2. The molecule has 3 aliphatic heterocycles. The van der Waals surface area contributed by atoms with Gasteiger partial charge in [0.1, 0.15) is 5.92 Å². The van der Waals surface area contributed by atoms with Crippen LogP contribution in [0.5, 0.6) is 0 Å². The van der Waals surface area contributed by atoms with Gasteiger partial charge in [-0.2, -0.15) is 0 Å². The summed E-state index contributed by atoms with van der Waals surface area (Å²) < 4.78 is 15.1. The second kappa shape index (κ2) is 14.2. The number of aromatic nitrogens is 4. The summed E-state index contributed by atoms with van der Waals surface area (Å²) in [5.74, 6) is -3.80. The Morgan fingerprint density at radius 1 is 0.830 bits per heavy atom. The second-order valence-corrected chi connectivity index (χ2v) is 13.5. The minimum absolute atomic E-state index is 0.0991. The van der Waals surface area contributed by atoms with E-state index in [1.807, 2.05) is 52.0 Å². The highest BCUT2D eigenvalue weighted by Crippen LogP contribution is 2.52. The van der Waals surface area contributed by atoms with Crippen molar-refractivity contribution in [2.24, 2.45) is 5.92 Å². The van der Waals surface area contributed by atoms with E-state index in [4.69, 9.17) is 24.2 Å². The summed E-state index contributed by atoms with van der Waals surface area (Å²) in [7, 11) is 3.96. The number of nitrogens with one attached hydrogen (secondary N) is 2. The maximum absolute atomic E-state index is 13.5. The third-order valence-corrected chi connectivity index (χ3v) is 10.8. The van der Waals surface area contributed by atoms with Gasteiger partial charge in [0.25, 0.3) is 0 Å². The third-order valence-electron chi connectivity index (χ3n) is 10.8. The largest absolute Gasteiger partial charge is 0.478 e. The highest BCUT2D eigenvalue weighted by molar-refractivity contribution is 6.02. The molecule has 12 heteroatoms. The number of carboxylic acid groups (broad SMARTS) is 1. The summed E-state index contributed by atoms with van der Waals surface area (Å²) in [6.45, 7) is 11.8. The molecule has 3 N–H and O–H groups in total. The van der Waals surface area contributed by atoms with Gasteiger partial charge in [0.15, 0.2) is 0 Å². The number of ether oxygens (including phenoxy) is 3. The van der Waals surface area contributed by atoms with Crippen LogP contribution in [0.4, 0.5) is 0 Å². The number of hydrogen-bond donors (Lipinski definition) is 3. The molecule has 6 rings (SSSR count). The molecule has 2 atom stereocenters. The van der Waals surface area contributed by atoms with Gasteiger partial charge >= 0.3 is 23.9 Å². The topological polar surface area (TPSA) is 174 Å². The molecule has 0 saturated carbocycles. The molecule has 4 aliphatic rings. The van der Waals surface area contributed by atoms with E-state index in [1.165, 1.54) is 27.4 Å². The molecule has 5 heterocycles. The normalized spacial score (nSPS) is 18.4. The summed E-state index contributed by atoms with van der Waals surface area (Å²) in [6, 6.07) is 7.59. The number of rotatable bonds is 9. The fourth-order valence-electron chi connectivity index (χ4n) is 7.69. The van der Waals surface area contributed by atoms with Crippen LogP contribution in [0.1, 0.15) is 85.3 Å². The second-order valence-electron chi connectivity index (χ2n) is 13.5. The van der Waals surface area contributed by atoms with Crippen molar-refractivity contribution in [3.63, 3.8) is 0 Å². The number of aliphatic carboxylic acids is 1.